The number of halogens is 2. The summed E-state index contributed by atoms with van der Waals surface area (Å²) in [6.45, 7) is 1.48. The monoisotopic (exact) mass is 400 g/mol. The van der Waals surface area contributed by atoms with E-state index in [1.165, 1.54) is 13.0 Å². The lowest BCUT2D eigenvalue weighted by atomic mass is 10.2. The number of benzene rings is 1. The molecule has 2 atom stereocenters. The summed E-state index contributed by atoms with van der Waals surface area (Å²) in [6.07, 6.45) is -0.779. The van der Waals surface area contributed by atoms with Gasteiger partial charge in [-0.15, -0.1) is 0 Å². The van der Waals surface area contributed by atoms with E-state index in [9.17, 15) is 13.5 Å². The molecule has 2 unspecified atom stereocenters. The first-order chi connectivity index (χ1) is 8.24. The molecule has 1 aromatic carbocycles. The Balaban J connectivity index is 2.90. The molecule has 0 heterocycles. The Bertz CT molecular complexity index is 520. The van der Waals surface area contributed by atoms with Crippen molar-refractivity contribution in [3.8, 4) is 0 Å². The number of hydrogen-bond donors (Lipinski definition) is 3. The maximum Gasteiger partial charge on any atom is 0.241 e. The summed E-state index contributed by atoms with van der Waals surface area (Å²) in [5, 5.41) is 9.21. The average molecular weight is 402 g/mol. The second kappa shape index (κ2) is 6.44. The molecule has 0 radical (unpaired) electrons. The van der Waals surface area contributed by atoms with E-state index in [4.69, 9.17) is 5.73 Å². The minimum atomic E-state index is -3.66. The Morgan fingerprint density at radius 2 is 2.06 bits per heavy atom. The van der Waals surface area contributed by atoms with Crippen LogP contribution in [0.15, 0.2) is 32.0 Å². The largest absolute Gasteiger partial charge is 0.392 e. The van der Waals surface area contributed by atoms with Crippen LogP contribution in [0.5, 0.6) is 0 Å². The lowest BCUT2D eigenvalue weighted by Gasteiger charge is -2.16. The molecular weight excluding hydrogens is 388 g/mol. The average Bonchev–Trinajstić information content (AvgIpc) is 2.29. The van der Waals surface area contributed by atoms with Crippen LogP contribution in [0.3, 0.4) is 0 Å². The second-order valence-corrected chi connectivity index (χ2v) is 7.34. The van der Waals surface area contributed by atoms with E-state index < -0.39 is 22.2 Å². The molecule has 0 amide bonds. The Hall–Kier alpha value is 0.01000. The van der Waals surface area contributed by atoms with Gasteiger partial charge in [0.2, 0.25) is 10.0 Å². The molecule has 0 aromatic heterocycles. The van der Waals surface area contributed by atoms with Gasteiger partial charge in [0.1, 0.15) is 0 Å². The van der Waals surface area contributed by atoms with Crippen LogP contribution in [0.4, 0.5) is 0 Å². The van der Waals surface area contributed by atoms with E-state index in [0.717, 1.165) is 0 Å². The van der Waals surface area contributed by atoms with Gasteiger partial charge in [0, 0.05) is 21.5 Å². The summed E-state index contributed by atoms with van der Waals surface area (Å²) in [5.41, 5.74) is 5.57. The van der Waals surface area contributed by atoms with Crippen molar-refractivity contribution in [2.45, 2.75) is 24.0 Å². The fraction of sp³-hybridized carbons (Fsp3) is 0.400. The molecule has 5 nitrogen and oxygen atoms in total. The quantitative estimate of drug-likeness (QED) is 0.691. The van der Waals surface area contributed by atoms with Gasteiger partial charge in [0.25, 0.3) is 0 Å². The smallest absolute Gasteiger partial charge is 0.241 e. The number of aliphatic hydroxyl groups excluding tert-OH is 1. The molecule has 0 saturated carbocycles. The van der Waals surface area contributed by atoms with Crippen LogP contribution in [0.2, 0.25) is 0 Å². The minimum Gasteiger partial charge on any atom is -0.392 e. The first-order valence-electron chi connectivity index (χ1n) is 5.12. The van der Waals surface area contributed by atoms with Crippen molar-refractivity contribution in [3.05, 3.63) is 27.1 Å². The first-order valence-corrected chi connectivity index (χ1v) is 8.19. The molecule has 0 aliphatic rings. The second-order valence-electron chi connectivity index (χ2n) is 3.83. The molecule has 18 heavy (non-hydrogen) atoms. The van der Waals surface area contributed by atoms with E-state index in [1.807, 2.05) is 0 Å². The highest BCUT2D eigenvalue weighted by Crippen LogP contribution is 2.25. The van der Waals surface area contributed by atoms with Gasteiger partial charge in [0.15, 0.2) is 0 Å². The number of nitrogens with two attached hydrogens (primary N) is 1. The van der Waals surface area contributed by atoms with Gasteiger partial charge in [-0.2, -0.15) is 0 Å². The maximum atomic E-state index is 12.0. The van der Waals surface area contributed by atoms with Crippen LogP contribution in [-0.4, -0.2) is 32.2 Å². The van der Waals surface area contributed by atoms with Crippen molar-refractivity contribution < 1.29 is 13.5 Å². The van der Waals surface area contributed by atoms with E-state index in [1.54, 1.807) is 12.1 Å². The van der Waals surface area contributed by atoms with Crippen LogP contribution < -0.4 is 10.5 Å². The Kier molecular flexibility index (Phi) is 5.75. The number of nitrogens with one attached hydrogen (secondary N) is 1. The van der Waals surface area contributed by atoms with Crippen molar-refractivity contribution in [2.24, 2.45) is 5.73 Å². The van der Waals surface area contributed by atoms with Crippen molar-refractivity contribution >= 4 is 41.9 Å². The van der Waals surface area contributed by atoms with Gasteiger partial charge in [-0.05, 0) is 41.1 Å². The standard InChI is InChI=1S/C10H14Br2N2O3S/c1-6(15)9(13)5-14-18(16,17)10-4-7(11)2-3-8(10)12/h2-4,6,9,14-15H,5,13H2,1H3. The number of sulfonamides is 1. The fourth-order valence-electron chi connectivity index (χ4n) is 1.14. The van der Waals surface area contributed by atoms with E-state index in [-0.39, 0.29) is 11.4 Å². The van der Waals surface area contributed by atoms with E-state index >= 15 is 0 Å². The zero-order valence-electron chi connectivity index (χ0n) is 9.60. The summed E-state index contributed by atoms with van der Waals surface area (Å²) in [5.74, 6) is 0. The molecule has 0 aliphatic heterocycles. The normalized spacial score (nSPS) is 15.4. The summed E-state index contributed by atoms with van der Waals surface area (Å²) in [7, 11) is -3.66. The summed E-state index contributed by atoms with van der Waals surface area (Å²) in [6, 6.07) is 4.20. The number of hydrogen-bond acceptors (Lipinski definition) is 4. The third-order valence-corrected chi connectivity index (χ3v) is 5.22. The summed E-state index contributed by atoms with van der Waals surface area (Å²) in [4.78, 5) is 0.120. The molecule has 8 heteroatoms. The molecule has 0 aliphatic carbocycles. The van der Waals surface area contributed by atoms with E-state index in [2.05, 4.69) is 36.6 Å². The predicted octanol–water partition coefficient (Wildman–Crippen LogP) is 1.20. The zero-order chi connectivity index (χ0) is 13.9. The number of rotatable bonds is 5. The Labute approximate surface area is 123 Å². The molecule has 4 N–H and O–H groups in total. The third-order valence-electron chi connectivity index (χ3n) is 2.31. The first kappa shape index (κ1) is 16.1. The predicted molar refractivity (Wildman–Crippen MR) is 76.7 cm³/mol. The van der Waals surface area contributed by atoms with Gasteiger partial charge in [0.05, 0.1) is 11.0 Å². The van der Waals surface area contributed by atoms with Gasteiger partial charge in [-0.3, -0.25) is 0 Å². The Morgan fingerprint density at radius 1 is 1.44 bits per heavy atom. The van der Waals surface area contributed by atoms with Crippen LogP contribution in [0.1, 0.15) is 6.92 Å². The van der Waals surface area contributed by atoms with Crippen molar-refractivity contribution in [1.82, 2.24) is 4.72 Å². The Morgan fingerprint density at radius 3 is 2.61 bits per heavy atom. The SMILES string of the molecule is CC(O)C(N)CNS(=O)(=O)c1cc(Br)ccc1Br. The fourth-order valence-corrected chi connectivity index (χ4v) is 3.71. The lowest BCUT2D eigenvalue weighted by molar-refractivity contribution is 0.164. The zero-order valence-corrected chi connectivity index (χ0v) is 13.6. The molecule has 102 valence electrons. The van der Waals surface area contributed by atoms with Gasteiger partial charge in [-0.1, -0.05) is 15.9 Å². The highest BCUT2D eigenvalue weighted by Gasteiger charge is 2.20. The van der Waals surface area contributed by atoms with Crippen molar-refractivity contribution in [3.63, 3.8) is 0 Å². The summed E-state index contributed by atoms with van der Waals surface area (Å²) >= 11 is 6.40. The molecule has 0 saturated heterocycles. The highest BCUT2D eigenvalue weighted by molar-refractivity contribution is 9.11. The molecule has 1 rings (SSSR count). The molecule has 0 bridgehead atoms. The van der Waals surface area contributed by atoms with Gasteiger partial charge in [-0.25, -0.2) is 13.1 Å². The highest BCUT2D eigenvalue weighted by atomic mass is 79.9. The van der Waals surface area contributed by atoms with Crippen molar-refractivity contribution in [1.29, 1.82) is 0 Å². The van der Waals surface area contributed by atoms with Crippen LogP contribution in [0, 0.1) is 0 Å². The maximum absolute atomic E-state index is 12.0. The number of aliphatic hydroxyl groups is 1. The topological polar surface area (TPSA) is 92.4 Å². The van der Waals surface area contributed by atoms with Crippen LogP contribution in [-0.2, 0) is 10.0 Å². The van der Waals surface area contributed by atoms with E-state index in [0.29, 0.717) is 8.95 Å². The van der Waals surface area contributed by atoms with Crippen LogP contribution in [0.25, 0.3) is 0 Å². The van der Waals surface area contributed by atoms with Gasteiger partial charge < -0.3 is 10.8 Å². The summed E-state index contributed by atoms with van der Waals surface area (Å²) < 4.78 is 27.5. The molecule has 0 spiro atoms. The minimum absolute atomic E-state index is 0.0288. The lowest BCUT2D eigenvalue weighted by Crippen LogP contribution is -2.43. The van der Waals surface area contributed by atoms with Gasteiger partial charge >= 0.3 is 0 Å². The third kappa shape index (κ3) is 4.29. The van der Waals surface area contributed by atoms with Crippen LogP contribution >= 0.6 is 31.9 Å². The molecule has 0 fully saturated rings. The van der Waals surface area contributed by atoms with Crippen molar-refractivity contribution in [2.75, 3.05) is 6.54 Å². The molecular formula is C10H14Br2N2O3S. The molecule has 1 aromatic rings.